The van der Waals surface area contributed by atoms with Gasteiger partial charge in [0.25, 0.3) is 0 Å². The van der Waals surface area contributed by atoms with E-state index in [9.17, 15) is 19.2 Å². The first kappa shape index (κ1) is 44.4. The smallest absolute Gasteiger partial charge is 0.306 e. The Morgan fingerprint density at radius 3 is 1.33 bits per heavy atom. The van der Waals surface area contributed by atoms with Crippen LogP contribution >= 0.6 is 23.2 Å². The molecular formula is C46H50Cl2N10O6. The second-order valence-electron chi connectivity index (χ2n) is 15.9. The van der Waals surface area contributed by atoms with Crippen LogP contribution in [-0.4, -0.2) is 135 Å². The second-order valence-corrected chi connectivity index (χ2v) is 16.8. The highest BCUT2D eigenvalue weighted by atomic mass is 35.5. The molecule has 0 radical (unpaired) electrons. The Hall–Kier alpha value is -6.20. The van der Waals surface area contributed by atoms with Gasteiger partial charge in [0.2, 0.25) is 11.8 Å². The molecule has 4 heterocycles. The molecule has 0 saturated carbocycles. The van der Waals surface area contributed by atoms with Crippen molar-refractivity contribution in [1.82, 2.24) is 30.5 Å². The third kappa shape index (κ3) is 10.4. The normalized spacial score (nSPS) is 16.2. The number of hydrazine groups is 2. The quantitative estimate of drug-likeness (QED) is 0.135. The van der Waals surface area contributed by atoms with Crippen LogP contribution in [0.1, 0.15) is 36.8 Å². The Bertz CT molecular complexity index is 2300. The number of hydrogen-bond donors (Lipinski definition) is 2. The van der Waals surface area contributed by atoms with E-state index >= 15 is 0 Å². The van der Waals surface area contributed by atoms with E-state index in [-0.39, 0.29) is 38.9 Å². The maximum atomic E-state index is 13.4. The summed E-state index contributed by atoms with van der Waals surface area (Å²) in [6.07, 6.45) is -0.737. The number of amidine groups is 2. The molecule has 0 aliphatic carbocycles. The van der Waals surface area contributed by atoms with Gasteiger partial charge in [-0.1, -0.05) is 47.5 Å². The van der Waals surface area contributed by atoms with Crippen molar-refractivity contribution >= 4 is 92.8 Å². The number of amides is 2. The van der Waals surface area contributed by atoms with E-state index in [0.29, 0.717) is 32.8 Å². The highest BCUT2D eigenvalue weighted by molar-refractivity contribution is 6.31. The Labute approximate surface area is 381 Å². The molecular weight excluding hydrogens is 859 g/mol. The van der Waals surface area contributed by atoms with E-state index in [1.807, 2.05) is 48.5 Å². The van der Waals surface area contributed by atoms with Crippen LogP contribution in [0.3, 0.4) is 0 Å². The summed E-state index contributed by atoms with van der Waals surface area (Å²) in [7, 11) is 4.19. The summed E-state index contributed by atoms with van der Waals surface area (Å²) in [6, 6.07) is 26.1. The number of halogens is 2. The summed E-state index contributed by atoms with van der Waals surface area (Å²) in [4.78, 5) is 71.3. The van der Waals surface area contributed by atoms with Gasteiger partial charge in [0.15, 0.2) is 0 Å². The zero-order valence-electron chi connectivity index (χ0n) is 35.8. The van der Waals surface area contributed by atoms with Crippen LogP contribution in [0.5, 0.6) is 0 Å². The second kappa shape index (κ2) is 20.1. The van der Waals surface area contributed by atoms with Gasteiger partial charge in [0.1, 0.15) is 24.9 Å². The van der Waals surface area contributed by atoms with Gasteiger partial charge in [-0.25, -0.2) is 9.98 Å². The third-order valence-electron chi connectivity index (χ3n) is 11.4. The highest BCUT2D eigenvalue weighted by Gasteiger charge is 2.31. The Kier molecular flexibility index (Phi) is 13.9. The average Bonchev–Trinajstić information content (AvgIpc) is 3.51. The SMILES string of the molecule is CN1CCN(C2=Nc3cc(Cl)ccc3N(NC(=O)CCC(=O)OCCOC(=O)CCC(=O)NN3c4ccc(Cl)cc4N=C(N4CCN(C)CC4)c4ccccc43)c3ccccc32)CC1. The number of ether oxygens (including phenoxy) is 2. The zero-order valence-corrected chi connectivity index (χ0v) is 37.3. The molecule has 334 valence electrons. The lowest BCUT2D eigenvalue weighted by atomic mass is 10.1. The summed E-state index contributed by atoms with van der Waals surface area (Å²) in [5.41, 5.74) is 11.5. The fourth-order valence-corrected chi connectivity index (χ4v) is 8.21. The summed E-state index contributed by atoms with van der Waals surface area (Å²) in [5, 5.41) is 4.38. The predicted octanol–water partition coefficient (Wildman–Crippen LogP) is 5.96. The molecule has 0 atom stereocenters. The lowest BCUT2D eigenvalue weighted by Gasteiger charge is -2.35. The molecule has 0 spiro atoms. The number of benzene rings is 4. The first-order valence-electron chi connectivity index (χ1n) is 21.3. The molecule has 0 unspecified atom stereocenters. The van der Waals surface area contributed by atoms with Crippen LogP contribution in [0.2, 0.25) is 10.0 Å². The number of aliphatic imine (C=N–C) groups is 2. The summed E-state index contributed by atoms with van der Waals surface area (Å²) in [6.45, 7) is 6.30. The molecule has 0 bridgehead atoms. The van der Waals surface area contributed by atoms with Crippen molar-refractivity contribution in [3.05, 3.63) is 106 Å². The fraction of sp³-hybridized carbons (Fsp3) is 0.348. The lowest BCUT2D eigenvalue weighted by Crippen LogP contribution is -2.47. The Balaban J connectivity index is 0.810. The predicted molar refractivity (Wildman–Crippen MR) is 247 cm³/mol. The van der Waals surface area contributed by atoms with E-state index in [0.717, 1.165) is 86.5 Å². The third-order valence-corrected chi connectivity index (χ3v) is 11.9. The van der Waals surface area contributed by atoms with Crippen LogP contribution < -0.4 is 20.9 Å². The van der Waals surface area contributed by atoms with Gasteiger partial charge < -0.3 is 29.1 Å². The molecule has 2 amide bonds. The van der Waals surface area contributed by atoms with Crippen LogP contribution in [0.4, 0.5) is 34.1 Å². The molecule has 0 aromatic heterocycles. The van der Waals surface area contributed by atoms with Crippen LogP contribution in [0, 0.1) is 0 Å². The van der Waals surface area contributed by atoms with Gasteiger partial charge in [-0.2, -0.15) is 0 Å². The number of carbonyl (C=O) groups is 4. The molecule has 4 aliphatic rings. The van der Waals surface area contributed by atoms with E-state index in [4.69, 9.17) is 42.7 Å². The first-order valence-corrected chi connectivity index (χ1v) is 22.1. The number of hydrogen-bond acceptors (Lipinski definition) is 14. The van der Waals surface area contributed by atoms with Crippen LogP contribution in [-0.2, 0) is 28.7 Å². The van der Waals surface area contributed by atoms with Gasteiger partial charge in [-0.05, 0) is 74.8 Å². The van der Waals surface area contributed by atoms with E-state index in [1.54, 1.807) is 46.4 Å². The molecule has 8 rings (SSSR count). The number of carbonyl (C=O) groups excluding carboxylic acids is 4. The summed E-state index contributed by atoms with van der Waals surface area (Å²) >= 11 is 12.8. The van der Waals surface area contributed by atoms with Crippen molar-refractivity contribution in [1.29, 1.82) is 0 Å². The topological polar surface area (TPSA) is 155 Å². The maximum absolute atomic E-state index is 13.4. The minimum atomic E-state index is -0.631. The van der Waals surface area contributed by atoms with Gasteiger partial charge in [-0.15, -0.1) is 0 Å². The Morgan fingerprint density at radius 1 is 0.531 bits per heavy atom. The number of nitrogens with zero attached hydrogens (tertiary/aromatic N) is 8. The van der Waals surface area contributed by atoms with Crippen molar-refractivity contribution in [2.24, 2.45) is 9.98 Å². The standard InChI is InChI=1S/C46H50Cl2N10O6/c1-53-19-23-55(24-20-53)45-33-7-3-5-9-37(33)57(39-13-11-31(47)29-35(39)49-45)51-41(59)15-17-43(61)63-27-28-64-44(62)18-16-42(60)52-58-38-10-6-4-8-34(38)46(56-25-21-54(2)22-26-56)50-36-30-32(48)12-14-40(36)58/h3-14,29-30H,15-28H2,1-2H3,(H,51,59)(H,52,60). The molecule has 2 saturated heterocycles. The summed E-state index contributed by atoms with van der Waals surface area (Å²) < 4.78 is 10.5. The number of nitrogens with one attached hydrogen (secondary N) is 2. The fourth-order valence-electron chi connectivity index (χ4n) is 7.88. The molecule has 2 N–H and O–H groups in total. The number of esters is 2. The summed E-state index contributed by atoms with van der Waals surface area (Å²) in [5.74, 6) is -0.515. The number of rotatable bonds is 11. The van der Waals surface area contributed by atoms with Crippen molar-refractivity contribution in [3.63, 3.8) is 0 Å². The van der Waals surface area contributed by atoms with Gasteiger partial charge >= 0.3 is 11.9 Å². The monoisotopic (exact) mass is 908 g/mol. The highest BCUT2D eigenvalue weighted by Crippen LogP contribution is 2.42. The van der Waals surface area contributed by atoms with Crippen molar-refractivity contribution < 1.29 is 28.7 Å². The van der Waals surface area contributed by atoms with E-state index in [2.05, 4.69) is 44.5 Å². The maximum Gasteiger partial charge on any atom is 0.306 e. The van der Waals surface area contributed by atoms with Gasteiger partial charge in [0.05, 0.1) is 47.0 Å². The molecule has 4 aromatic carbocycles. The van der Waals surface area contributed by atoms with Crippen LogP contribution in [0.15, 0.2) is 94.9 Å². The van der Waals surface area contributed by atoms with Crippen molar-refractivity contribution in [3.8, 4) is 0 Å². The molecule has 64 heavy (non-hydrogen) atoms. The minimum Gasteiger partial charge on any atom is -0.462 e. The van der Waals surface area contributed by atoms with Gasteiger partial charge in [-0.3, -0.25) is 40.0 Å². The van der Waals surface area contributed by atoms with Crippen molar-refractivity contribution in [2.45, 2.75) is 25.7 Å². The molecule has 18 heteroatoms. The molecule has 4 aromatic rings. The largest absolute Gasteiger partial charge is 0.462 e. The van der Waals surface area contributed by atoms with E-state index in [1.165, 1.54) is 0 Å². The Morgan fingerprint density at radius 2 is 0.922 bits per heavy atom. The number of anilines is 4. The van der Waals surface area contributed by atoms with Gasteiger partial charge in [0, 0.05) is 86.4 Å². The number of para-hydroxylation sites is 2. The molecule has 4 aliphatic heterocycles. The first-order chi connectivity index (χ1) is 31.0. The molecule has 2 fully saturated rings. The molecule has 16 nitrogen and oxygen atoms in total. The van der Waals surface area contributed by atoms with Crippen molar-refractivity contribution in [2.75, 3.05) is 89.7 Å². The number of piperazine rings is 2. The lowest BCUT2D eigenvalue weighted by molar-refractivity contribution is -0.153. The zero-order chi connectivity index (χ0) is 44.7. The minimum absolute atomic E-state index is 0.163. The number of likely N-dealkylation sites (N-methyl/N-ethyl adjacent to an activating group) is 2. The average molecular weight is 910 g/mol. The van der Waals surface area contributed by atoms with Crippen LogP contribution in [0.25, 0.3) is 0 Å². The number of fused-ring (bicyclic) bond motifs is 4. The van der Waals surface area contributed by atoms with E-state index < -0.39 is 23.8 Å².